The maximum atomic E-state index is 13.1. The average Bonchev–Trinajstić information content (AvgIpc) is 3.56. The monoisotopic (exact) mass is 597 g/mol. The molecule has 3 aromatic rings. The third kappa shape index (κ3) is 6.44. The Bertz CT molecular complexity index is 1520. The summed E-state index contributed by atoms with van der Waals surface area (Å²) in [6.07, 6.45) is 3.70. The first kappa shape index (κ1) is 29.6. The molecular weight excluding hydrogens is 562 g/mol. The molecule has 4 bridgehead atoms. The van der Waals surface area contributed by atoms with Crippen molar-refractivity contribution in [3.63, 3.8) is 0 Å². The van der Waals surface area contributed by atoms with Crippen LogP contribution in [0.15, 0.2) is 41.5 Å². The van der Waals surface area contributed by atoms with Gasteiger partial charge in [0, 0.05) is 69.4 Å². The van der Waals surface area contributed by atoms with Crippen molar-refractivity contribution in [2.45, 2.75) is 45.5 Å². The molecule has 1 fully saturated rings. The van der Waals surface area contributed by atoms with E-state index in [0.29, 0.717) is 41.8 Å². The normalized spacial score (nSPS) is 20.0. The van der Waals surface area contributed by atoms with Crippen molar-refractivity contribution < 1.29 is 19.1 Å². The van der Waals surface area contributed by atoms with Crippen LogP contribution in [0.3, 0.4) is 0 Å². The second-order valence-corrected chi connectivity index (χ2v) is 11.5. The molecule has 0 aliphatic carbocycles. The number of hydrogen-bond acceptors (Lipinski definition) is 8. The molecule has 0 radical (unpaired) electrons. The fraction of sp³-hybridized carbons (Fsp3) is 0.483. The second-order valence-electron chi connectivity index (χ2n) is 11.1. The Hall–Kier alpha value is -3.90. The van der Waals surface area contributed by atoms with E-state index in [1.807, 2.05) is 26.1 Å². The molecule has 1 N–H and O–H groups in total. The maximum Gasteiger partial charge on any atom is 0.263 e. The molecule has 12 nitrogen and oxygen atoms in total. The van der Waals surface area contributed by atoms with Gasteiger partial charge in [0.1, 0.15) is 11.3 Å². The van der Waals surface area contributed by atoms with Crippen LogP contribution in [0.5, 0.6) is 11.5 Å². The largest absolute Gasteiger partial charge is 0.493 e. The second kappa shape index (κ2) is 12.5. The van der Waals surface area contributed by atoms with Gasteiger partial charge in [0.2, 0.25) is 5.91 Å². The quantitative estimate of drug-likeness (QED) is 0.475. The lowest BCUT2D eigenvalue weighted by Gasteiger charge is -2.20. The number of carbonyl (C=O) groups is 2. The lowest BCUT2D eigenvalue weighted by Crippen LogP contribution is -2.39. The van der Waals surface area contributed by atoms with Crippen LogP contribution in [-0.4, -0.2) is 87.6 Å². The zero-order chi connectivity index (χ0) is 30.0. The van der Waals surface area contributed by atoms with E-state index in [-0.39, 0.29) is 55.6 Å². The van der Waals surface area contributed by atoms with Crippen LogP contribution in [0.1, 0.15) is 47.9 Å². The van der Waals surface area contributed by atoms with E-state index in [0.717, 1.165) is 5.56 Å². The Morgan fingerprint density at radius 1 is 1.17 bits per heavy atom. The SMILES string of the molecule is COc1cc(CN2C[C@@H]3CC(=O)NCCN(C)C(=O)c4cccn(c4=O)Cc4cn(nn4)[C@@H]3C2)c(Cl)cc1OC(C)C. The minimum Gasteiger partial charge on any atom is -0.493 e. The minimum absolute atomic E-state index is 0.0264. The topological polar surface area (TPSA) is 124 Å². The summed E-state index contributed by atoms with van der Waals surface area (Å²) in [5.41, 5.74) is 1.13. The minimum atomic E-state index is -0.401. The first-order valence-corrected chi connectivity index (χ1v) is 14.4. The first-order chi connectivity index (χ1) is 20.1. The summed E-state index contributed by atoms with van der Waals surface area (Å²) >= 11 is 6.68. The van der Waals surface area contributed by atoms with Gasteiger partial charge in [-0.3, -0.25) is 19.3 Å². The highest BCUT2D eigenvalue weighted by molar-refractivity contribution is 6.31. The molecule has 5 rings (SSSR count). The van der Waals surface area contributed by atoms with E-state index in [1.165, 1.54) is 15.5 Å². The van der Waals surface area contributed by atoms with Crippen molar-refractivity contribution in [1.29, 1.82) is 0 Å². The molecule has 1 saturated heterocycles. The number of hydrogen-bond donors (Lipinski definition) is 1. The number of aromatic nitrogens is 4. The Morgan fingerprint density at radius 2 is 1.98 bits per heavy atom. The van der Waals surface area contributed by atoms with Crippen LogP contribution in [-0.2, 0) is 17.9 Å². The van der Waals surface area contributed by atoms with E-state index in [4.69, 9.17) is 21.1 Å². The summed E-state index contributed by atoms with van der Waals surface area (Å²) in [6, 6.07) is 6.74. The summed E-state index contributed by atoms with van der Waals surface area (Å²) < 4.78 is 14.7. The first-order valence-electron chi connectivity index (χ1n) is 14.0. The summed E-state index contributed by atoms with van der Waals surface area (Å²) in [5.74, 6) is 0.631. The van der Waals surface area contributed by atoms with E-state index in [2.05, 4.69) is 20.5 Å². The zero-order valence-electron chi connectivity index (χ0n) is 24.2. The number of carbonyl (C=O) groups excluding carboxylic acids is 2. The highest BCUT2D eigenvalue weighted by Crippen LogP contribution is 2.37. The number of likely N-dealkylation sites (tertiary alicyclic amines) is 1. The van der Waals surface area contributed by atoms with Crippen molar-refractivity contribution in [3.05, 3.63) is 68.9 Å². The van der Waals surface area contributed by atoms with E-state index in [9.17, 15) is 14.4 Å². The molecule has 0 spiro atoms. The van der Waals surface area contributed by atoms with Crippen molar-refractivity contribution in [1.82, 2.24) is 34.7 Å². The summed E-state index contributed by atoms with van der Waals surface area (Å²) in [5, 5.41) is 12.2. The van der Waals surface area contributed by atoms with Crippen LogP contribution >= 0.6 is 11.6 Å². The molecule has 224 valence electrons. The Balaban J connectivity index is 1.42. The van der Waals surface area contributed by atoms with Gasteiger partial charge < -0.3 is 24.3 Å². The van der Waals surface area contributed by atoms with Gasteiger partial charge >= 0.3 is 0 Å². The number of nitrogens with zero attached hydrogens (tertiary/aromatic N) is 6. The number of benzene rings is 1. The van der Waals surface area contributed by atoms with Gasteiger partial charge in [-0.1, -0.05) is 16.8 Å². The van der Waals surface area contributed by atoms with Crippen LogP contribution in [0.25, 0.3) is 0 Å². The lowest BCUT2D eigenvalue weighted by atomic mass is 9.99. The van der Waals surface area contributed by atoms with Crippen molar-refractivity contribution in [3.8, 4) is 11.5 Å². The van der Waals surface area contributed by atoms with Crippen molar-refractivity contribution in [2.75, 3.05) is 40.3 Å². The maximum absolute atomic E-state index is 13.1. The average molecular weight is 598 g/mol. The molecule has 1 aromatic carbocycles. The van der Waals surface area contributed by atoms with E-state index < -0.39 is 11.5 Å². The van der Waals surface area contributed by atoms with Gasteiger partial charge in [-0.15, -0.1) is 5.10 Å². The molecular formula is C29H36ClN7O5. The number of likely N-dealkylation sites (N-methyl/N-ethyl adjacent to an activating group) is 1. The van der Waals surface area contributed by atoms with Gasteiger partial charge in [0.25, 0.3) is 11.5 Å². The molecule has 4 heterocycles. The smallest absolute Gasteiger partial charge is 0.263 e. The number of nitrogens with one attached hydrogen (secondary N) is 1. The highest BCUT2D eigenvalue weighted by Gasteiger charge is 2.36. The van der Waals surface area contributed by atoms with E-state index in [1.54, 1.807) is 37.2 Å². The molecule has 2 aliphatic rings. The molecule has 2 atom stereocenters. The predicted octanol–water partition coefficient (Wildman–Crippen LogP) is 2.20. The number of ether oxygens (including phenoxy) is 2. The molecule has 2 amide bonds. The Morgan fingerprint density at radius 3 is 2.74 bits per heavy atom. The number of rotatable bonds is 5. The number of pyridine rings is 1. The van der Waals surface area contributed by atoms with Crippen LogP contribution in [0.2, 0.25) is 5.02 Å². The zero-order valence-corrected chi connectivity index (χ0v) is 25.0. The van der Waals surface area contributed by atoms with E-state index >= 15 is 0 Å². The molecule has 0 unspecified atom stereocenters. The fourth-order valence-corrected chi connectivity index (χ4v) is 5.76. The van der Waals surface area contributed by atoms with Crippen LogP contribution in [0, 0.1) is 5.92 Å². The number of methoxy groups -OCH3 is 1. The van der Waals surface area contributed by atoms with Gasteiger partial charge in [0.05, 0.1) is 32.0 Å². The molecule has 13 heteroatoms. The lowest BCUT2D eigenvalue weighted by molar-refractivity contribution is -0.122. The van der Waals surface area contributed by atoms with Gasteiger partial charge in [-0.2, -0.15) is 0 Å². The number of fused-ring (bicyclic) bond motifs is 6. The molecule has 0 saturated carbocycles. The van der Waals surface area contributed by atoms with Crippen molar-refractivity contribution in [2.24, 2.45) is 5.92 Å². The number of halogens is 1. The Labute approximate surface area is 249 Å². The summed E-state index contributed by atoms with van der Waals surface area (Å²) in [4.78, 5) is 42.7. The van der Waals surface area contributed by atoms with Crippen LogP contribution < -0.4 is 20.3 Å². The van der Waals surface area contributed by atoms with Gasteiger partial charge in [-0.05, 0) is 37.6 Å². The fourth-order valence-electron chi connectivity index (χ4n) is 5.54. The highest BCUT2D eigenvalue weighted by atomic mass is 35.5. The standard InChI is InChI=1S/C29H36ClN7O5/c1-18(2)42-26-12-23(30)19(10-25(26)41-4)13-35-14-20-11-27(38)31-7-9-34(3)28(39)22-6-5-8-36(29(22)40)15-21-16-37(33-32-21)24(20)17-35/h5-6,8,10,12,16,18,20,24H,7,9,11,13-15,17H2,1-4H3,(H,31,38)/t20-,24+/m0/s1. The molecule has 2 aliphatic heterocycles. The summed E-state index contributed by atoms with van der Waals surface area (Å²) in [6.45, 7) is 6.41. The van der Waals surface area contributed by atoms with Gasteiger partial charge in [-0.25, -0.2) is 4.68 Å². The molecule has 2 aromatic heterocycles. The van der Waals surface area contributed by atoms with Gasteiger partial charge in [0.15, 0.2) is 11.5 Å². The Kier molecular flexibility index (Phi) is 8.83. The third-order valence-electron chi connectivity index (χ3n) is 7.62. The molecule has 42 heavy (non-hydrogen) atoms. The van der Waals surface area contributed by atoms with Crippen molar-refractivity contribution >= 4 is 23.4 Å². The summed E-state index contributed by atoms with van der Waals surface area (Å²) in [7, 11) is 3.22. The number of amides is 2. The third-order valence-corrected chi connectivity index (χ3v) is 7.97. The van der Waals surface area contributed by atoms with Crippen LogP contribution in [0.4, 0.5) is 0 Å². The predicted molar refractivity (Wildman–Crippen MR) is 156 cm³/mol.